The molecule has 1 aliphatic carbocycles. The molecule has 0 unspecified atom stereocenters. The lowest BCUT2D eigenvalue weighted by molar-refractivity contribution is -0.134. The topological polar surface area (TPSA) is 52.7 Å². The van der Waals surface area contributed by atoms with Gasteiger partial charge in [-0.2, -0.15) is 0 Å². The molecule has 2 amide bonds. The van der Waals surface area contributed by atoms with Crippen molar-refractivity contribution >= 4 is 17.5 Å². The molecule has 3 rings (SSSR count). The molecule has 0 radical (unpaired) electrons. The van der Waals surface area contributed by atoms with Gasteiger partial charge in [-0.1, -0.05) is 25.1 Å². The van der Waals surface area contributed by atoms with Crippen molar-refractivity contribution in [3.8, 4) is 0 Å². The Morgan fingerprint density at radius 3 is 2.25 bits per heavy atom. The monoisotopic (exact) mass is 329 g/mol. The van der Waals surface area contributed by atoms with E-state index in [0.29, 0.717) is 18.4 Å². The van der Waals surface area contributed by atoms with Gasteiger partial charge in [0.15, 0.2) is 0 Å². The zero-order chi connectivity index (χ0) is 17.3. The highest BCUT2D eigenvalue weighted by atomic mass is 16.2. The van der Waals surface area contributed by atoms with Crippen LogP contribution in [-0.4, -0.2) is 54.3 Å². The van der Waals surface area contributed by atoms with E-state index in [-0.39, 0.29) is 11.8 Å². The number of amides is 2. The van der Waals surface area contributed by atoms with Crippen LogP contribution >= 0.6 is 0 Å². The Balaban J connectivity index is 1.47. The quantitative estimate of drug-likeness (QED) is 0.920. The van der Waals surface area contributed by atoms with E-state index in [1.54, 1.807) is 0 Å². The average molecular weight is 329 g/mol. The van der Waals surface area contributed by atoms with Gasteiger partial charge in [-0.15, -0.1) is 0 Å². The first-order chi connectivity index (χ1) is 11.5. The summed E-state index contributed by atoms with van der Waals surface area (Å²) < 4.78 is 0. The molecule has 1 N–H and O–H groups in total. The minimum Gasteiger partial charge on any atom is -0.340 e. The van der Waals surface area contributed by atoms with E-state index in [1.807, 2.05) is 36.9 Å². The molecule has 0 aromatic heterocycles. The van der Waals surface area contributed by atoms with Gasteiger partial charge in [-0.05, 0) is 37.3 Å². The van der Waals surface area contributed by atoms with Crippen molar-refractivity contribution in [3.63, 3.8) is 0 Å². The molecule has 24 heavy (non-hydrogen) atoms. The van der Waals surface area contributed by atoms with Crippen molar-refractivity contribution in [2.45, 2.75) is 27.2 Å². The van der Waals surface area contributed by atoms with Crippen LogP contribution in [0.3, 0.4) is 0 Å². The molecule has 5 nitrogen and oxygen atoms in total. The van der Waals surface area contributed by atoms with Crippen LogP contribution in [0.25, 0.3) is 0 Å². The Labute approximate surface area is 144 Å². The van der Waals surface area contributed by atoms with Gasteiger partial charge in [-0.3, -0.25) is 14.5 Å². The minimum atomic E-state index is 0.0167. The van der Waals surface area contributed by atoms with Crippen LogP contribution < -0.4 is 5.32 Å². The van der Waals surface area contributed by atoms with Crippen LogP contribution in [-0.2, 0) is 9.59 Å². The van der Waals surface area contributed by atoms with Crippen molar-refractivity contribution < 1.29 is 9.59 Å². The number of hydrogen-bond acceptors (Lipinski definition) is 3. The summed E-state index contributed by atoms with van der Waals surface area (Å²) in [5.41, 5.74) is 3.08. The molecule has 1 saturated heterocycles. The second-order valence-electron chi connectivity index (χ2n) is 7.24. The summed E-state index contributed by atoms with van der Waals surface area (Å²) in [6.45, 7) is 9.54. The van der Waals surface area contributed by atoms with Gasteiger partial charge in [0.05, 0.1) is 6.54 Å². The first-order valence-corrected chi connectivity index (χ1v) is 8.83. The molecule has 2 fully saturated rings. The number of nitrogens with zero attached hydrogens (tertiary/aromatic N) is 2. The zero-order valence-corrected chi connectivity index (χ0v) is 14.8. The lowest BCUT2D eigenvalue weighted by Gasteiger charge is -2.34. The first kappa shape index (κ1) is 17.0. The molecule has 1 aliphatic heterocycles. The van der Waals surface area contributed by atoms with Crippen LogP contribution in [0.5, 0.6) is 0 Å². The first-order valence-electron chi connectivity index (χ1n) is 8.83. The largest absolute Gasteiger partial charge is 0.340 e. The summed E-state index contributed by atoms with van der Waals surface area (Å²) in [5.74, 6) is 1.13. The smallest absolute Gasteiger partial charge is 0.238 e. The molecule has 5 heteroatoms. The number of aryl methyl sites for hydroxylation is 2. The minimum absolute atomic E-state index is 0.0167. The lowest BCUT2D eigenvalue weighted by atomic mass is 10.1. The van der Waals surface area contributed by atoms with Crippen molar-refractivity contribution in [2.24, 2.45) is 11.8 Å². The Bertz CT molecular complexity index is 615. The summed E-state index contributed by atoms with van der Waals surface area (Å²) in [7, 11) is 0. The van der Waals surface area contributed by atoms with Crippen molar-refractivity contribution in [1.82, 2.24) is 9.80 Å². The molecule has 1 heterocycles. The predicted molar refractivity (Wildman–Crippen MR) is 94.8 cm³/mol. The second kappa shape index (κ2) is 6.93. The predicted octanol–water partition coefficient (Wildman–Crippen LogP) is 2.04. The van der Waals surface area contributed by atoms with E-state index in [0.717, 1.165) is 49.4 Å². The number of hydrogen-bond donors (Lipinski definition) is 1. The fraction of sp³-hybridized carbons (Fsp3) is 0.579. The molecular formula is C19H27N3O2. The third-order valence-corrected chi connectivity index (χ3v) is 5.22. The van der Waals surface area contributed by atoms with Gasteiger partial charge in [0.25, 0.3) is 0 Å². The standard InChI is InChI=1S/C19H27N3O2/c1-13-5-4-6-14(2)18(13)20-17(23)12-21-7-9-22(10-8-21)19(24)16-11-15(16)3/h4-6,15-16H,7-12H2,1-3H3,(H,20,23)/t15-,16+/m1/s1. The van der Waals surface area contributed by atoms with E-state index in [9.17, 15) is 9.59 Å². The number of carbonyl (C=O) groups is 2. The van der Waals surface area contributed by atoms with Crippen LogP contribution in [0.1, 0.15) is 24.5 Å². The summed E-state index contributed by atoms with van der Waals surface area (Å²) in [4.78, 5) is 28.7. The summed E-state index contributed by atoms with van der Waals surface area (Å²) in [6, 6.07) is 6.01. The Morgan fingerprint density at radius 2 is 1.71 bits per heavy atom. The Hall–Kier alpha value is -1.88. The van der Waals surface area contributed by atoms with E-state index in [4.69, 9.17) is 0 Å². The number of benzene rings is 1. The van der Waals surface area contributed by atoms with E-state index in [2.05, 4.69) is 17.1 Å². The summed E-state index contributed by atoms with van der Waals surface area (Å²) >= 11 is 0. The van der Waals surface area contributed by atoms with Gasteiger partial charge in [0, 0.05) is 37.8 Å². The maximum absolute atomic E-state index is 12.3. The molecule has 0 bridgehead atoms. The average Bonchev–Trinajstić information content (AvgIpc) is 3.28. The van der Waals surface area contributed by atoms with Gasteiger partial charge in [0.2, 0.25) is 11.8 Å². The highest BCUT2D eigenvalue weighted by molar-refractivity contribution is 5.93. The summed E-state index contributed by atoms with van der Waals surface area (Å²) in [6.07, 6.45) is 1.04. The number of carbonyl (C=O) groups excluding carboxylic acids is 2. The van der Waals surface area contributed by atoms with Crippen molar-refractivity contribution in [2.75, 3.05) is 38.0 Å². The number of anilines is 1. The molecule has 2 aliphatic rings. The molecule has 1 saturated carbocycles. The molecule has 0 spiro atoms. The highest BCUT2D eigenvalue weighted by Gasteiger charge is 2.41. The molecule has 1 aromatic carbocycles. The Morgan fingerprint density at radius 1 is 1.12 bits per heavy atom. The molecule has 1 aromatic rings. The number of rotatable bonds is 4. The van der Waals surface area contributed by atoms with E-state index in [1.165, 1.54) is 0 Å². The number of piperazine rings is 1. The SMILES string of the molecule is Cc1cccc(C)c1NC(=O)CN1CCN(C(=O)[C@H]2C[C@H]2C)CC1. The second-order valence-corrected chi connectivity index (χ2v) is 7.24. The zero-order valence-electron chi connectivity index (χ0n) is 14.8. The van der Waals surface area contributed by atoms with Crippen LogP contribution in [0.15, 0.2) is 18.2 Å². The normalized spacial score (nSPS) is 23.9. The van der Waals surface area contributed by atoms with Crippen molar-refractivity contribution in [1.29, 1.82) is 0 Å². The van der Waals surface area contributed by atoms with Gasteiger partial charge in [-0.25, -0.2) is 0 Å². The van der Waals surface area contributed by atoms with Gasteiger partial charge < -0.3 is 10.2 Å². The molecule has 2 atom stereocenters. The highest BCUT2D eigenvalue weighted by Crippen LogP contribution is 2.39. The molecule has 130 valence electrons. The van der Waals surface area contributed by atoms with Gasteiger partial charge >= 0.3 is 0 Å². The van der Waals surface area contributed by atoms with E-state index >= 15 is 0 Å². The maximum atomic E-state index is 12.3. The lowest BCUT2D eigenvalue weighted by Crippen LogP contribution is -2.51. The van der Waals surface area contributed by atoms with Crippen LogP contribution in [0, 0.1) is 25.7 Å². The third kappa shape index (κ3) is 3.78. The third-order valence-electron chi connectivity index (χ3n) is 5.22. The fourth-order valence-electron chi connectivity index (χ4n) is 3.42. The number of para-hydroxylation sites is 1. The van der Waals surface area contributed by atoms with Crippen molar-refractivity contribution in [3.05, 3.63) is 29.3 Å². The van der Waals surface area contributed by atoms with Crippen LogP contribution in [0.4, 0.5) is 5.69 Å². The maximum Gasteiger partial charge on any atom is 0.238 e. The molecular weight excluding hydrogens is 302 g/mol. The summed E-state index contributed by atoms with van der Waals surface area (Å²) in [5, 5.41) is 3.03. The fourth-order valence-corrected chi connectivity index (χ4v) is 3.42. The number of nitrogens with one attached hydrogen (secondary N) is 1. The van der Waals surface area contributed by atoms with E-state index < -0.39 is 0 Å². The Kier molecular flexibility index (Phi) is 4.90. The van der Waals surface area contributed by atoms with Crippen LogP contribution in [0.2, 0.25) is 0 Å². The van der Waals surface area contributed by atoms with Gasteiger partial charge in [0.1, 0.15) is 0 Å².